The summed E-state index contributed by atoms with van der Waals surface area (Å²) in [7, 11) is 1.76. The Morgan fingerprint density at radius 1 is 1.37 bits per heavy atom. The highest BCUT2D eigenvalue weighted by Crippen LogP contribution is 2.02. The minimum absolute atomic E-state index is 0.587. The van der Waals surface area contributed by atoms with Crippen LogP contribution >= 0.6 is 11.8 Å². The number of aliphatic imine (C=N–C) groups is 1. The molecular formula is C12H18N6S. The molecule has 0 fully saturated rings. The molecule has 0 aromatic carbocycles. The Morgan fingerprint density at radius 3 is 3.05 bits per heavy atom. The monoisotopic (exact) mass is 278 g/mol. The molecule has 2 rings (SSSR count). The summed E-state index contributed by atoms with van der Waals surface area (Å²) >= 11 is 1.80. The first-order chi connectivity index (χ1) is 9.35. The Hall–Kier alpha value is -1.76. The van der Waals surface area contributed by atoms with Crippen molar-refractivity contribution in [1.82, 2.24) is 25.2 Å². The van der Waals surface area contributed by atoms with Gasteiger partial charge in [0.1, 0.15) is 0 Å². The fourth-order valence-electron chi connectivity index (χ4n) is 1.67. The minimum atomic E-state index is 0.587. The summed E-state index contributed by atoms with van der Waals surface area (Å²) in [4.78, 5) is 4.17. The molecule has 0 bridgehead atoms. The van der Waals surface area contributed by atoms with Crippen LogP contribution in [0.5, 0.6) is 0 Å². The topological polar surface area (TPSA) is 66.6 Å². The highest BCUT2D eigenvalue weighted by Gasteiger charge is 2.05. The third-order valence-electron chi connectivity index (χ3n) is 2.62. The normalized spacial score (nSPS) is 11.8. The van der Waals surface area contributed by atoms with Gasteiger partial charge in [-0.2, -0.15) is 11.8 Å². The number of pyridine rings is 1. The van der Waals surface area contributed by atoms with Crippen molar-refractivity contribution in [2.75, 3.05) is 25.6 Å². The maximum Gasteiger partial charge on any atom is 0.191 e. The largest absolute Gasteiger partial charge is 0.356 e. The highest BCUT2D eigenvalue weighted by molar-refractivity contribution is 7.98. The van der Waals surface area contributed by atoms with Crippen LogP contribution in [-0.4, -0.2) is 46.2 Å². The second-order valence-corrected chi connectivity index (χ2v) is 4.88. The molecular weight excluding hydrogens is 260 g/mol. The van der Waals surface area contributed by atoms with Crippen molar-refractivity contribution in [3.05, 3.63) is 30.2 Å². The van der Waals surface area contributed by atoms with E-state index in [1.54, 1.807) is 18.8 Å². The zero-order valence-corrected chi connectivity index (χ0v) is 11.9. The number of hydrogen-bond donors (Lipinski definition) is 2. The second kappa shape index (κ2) is 6.98. The number of guanidine groups is 1. The van der Waals surface area contributed by atoms with Gasteiger partial charge in [0.05, 0.1) is 6.54 Å². The van der Waals surface area contributed by atoms with Gasteiger partial charge in [-0.25, -0.2) is 0 Å². The SMILES string of the molecule is CN=C(NCCSC)NCc1nnc2ccccn12. The van der Waals surface area contributed by atoms with Crippen LogP contribution in [0.15, 0.2) is 29.4 Å². The second-order valence-electron chi connectivity index (χ2n) is 3.89. The first-order valence-electron chi connectivity index (χ1n) is 6.07. The lowest BCUT2D eigenvalue weighted by Crippen LogP contribution is -2.38. The van der Waals surface area contributed by atoms with Crippen LogP contribution < -0.4 is 10.6 Å². The third-order valence-corrected chi connectivity index (χ3v) is 3.23. The van der Waals surface area contributed by atoms with Gasteiger partial charge in [0.15, 0.2) is 17.4 Å². The van der Waals surface area contributed by atoms with Crippen LogP contribution in [0, 0.1) is 0 Å². The molecule has 0 aliphatic rings. The van der Waals surface area contributed by atoms with E-state index in [1.807, 2.05) is 28.8 Å². The lowest BCUT2D eigenvalue weighted by molar-refractivity contribution is 0.773. The predicted molar refractivity (Wildman–Crippen MR) is 79.6 cm³/mol. The fraction of sp³-hybridized carbons (Fsp3) is 0.417. The molecule has 2 aromatic heterocycles. The number of nitrogens with one attached hydrogen (secondary N) is 2. The maximum atomic E-state index is 4.17. The van der Waals surface area contributed by atoms with Crippen LogP contribution in [0.3, 0.4) is 0 Å². The molecule has 6 nitrogen and oxygen atoms in total. The number of aromatic nitrogens is 3. The van der Waals surface area contributed by atoms with Crippen LogP contribution in [-0.2, 0) is 6.54 Å². The van der Waals surface area contributed by atoms with Crippen molar-refractivity contribution in [2.45, 2.75) is 6.54 Å². The summed E-state index contributed by atoms with van der Waals surface area (Å²) in [5.74, 6) is 2.69. The molecule has 0 spiro atoms. The molecule has 0 atom stereocenters. The molecule has 0 saturated heterocycles. The molecule has 0 saturated carbocycles. The zero-order valence-electron chi connectivity index (χ0n) is 11.1. The van der Waals surface area contributed by atoms with Crippen molar-refractivity contribution in [3.8, 4) is 0 Å². The van der Waals surface area contributed by atoms with Gasteiger partial charge in [-0.1, -0.05) is 6.07 Å². The molecule has 102 valence electrons. The summed E-state index contributed by atoms with van der Waals surface area (Å²) in [6, 6.07) is 5.84. The van der Waals surface area contributed by atoms with Crippen LogP contribution in [0.2, 0.25) is 0 Å². The van der Waals surface area contributed by atoms with E-state index < -0.39 is 0 Å². The van der Waals surface area contributed by atoms with Gasteiger partial charge in [0.2, 0.25) is 0 Å². The quantitative estimate of drug-likeness (QED) is 0.480. The van der Waals surface area contributed by atoms with Crippen molar-refractivity contribution in [1.29, 1.82) is 0 Å². The Morgan fingerprint density at radius 2 is 2.26 bits per heavy atom. The van der Waals surface area contributed by atoms with Crippen LogP contribution in [0.25, 0.3) is 5.65 Å². The van der Waals surface area contributed by atoms with Gasteiger partial charge < -0.3 is 10.6 Å². The number of fused-ring (bicyclic) bond motifs is 1. The van der Waals surface area contributed by atoms with E-state index >= 15 is 0 Å². The smallest absolute Gasteiger partial charge is 0.191 e. The van der Waals surface area contributed by atoms with Gasteiger partial charge in [0, 0.05) is 25.5 Å². The molecule has 0 aliphatic heterocycles. The molecule has 0 radical (unpaired) electrons. The lowest BCUT2D eigenvalue weighted by atomic mass is 10.4. The van der Waals surface area contributed by atoms with E-state index in [0.29, 0.717) is 6.54 Å². The van der Waals surface area contributed by atoms with E-state index in [1.165, 1.54) is 0 Å². The summed E-state index contributed by atoms with van der Waals surface area (Å²) in [6.07, 6.45) is 4.04. The Kier molecular flexibility index (Phi) is 5.02. The molecule has 2 heterocycles. The van der Waals surface area contributed by atoms with Gasteiger partial charge in [0.25, 0.3) is 0 Å². The first-order valence-corrected chi connectivity index (χ1v) is 7.46. The molecule has 0 amide bonds. The summed E-state index contributed by atoms with van der Waals surface area (Å²) < 4.78 is 1.96. The van der Waals surface area contributed by atoms with Gasteiger partial charge in [-0.3, -0.25) is 9.39 Å². The highest BCUT2D eigenvalue weighted by atomic mass is 32.2. The predicted octanol–water partition coefficient (Wildman–Crippen LogP) is 0.757. The van der Waals surface area contributed by atoms with E-state index in [-0.39, 0.29) is 0 Å². The number of rotatable bonds is 5. The average Bonchev–Trinajstić information content (AvgIpc) is 2.86. The van der Waals surface area contributed by atoms with E-state index in [9.17, 15) is 0 Å². The van der Waals surface area contributed by atoms with E-state index in [0.717, 1.165) is 29.7 Å². The van der Waals surface area contributed by atoms with Crippen molar-refractivity contribution in [2.24, 2.45) is 4.99 Å². The van der Waals surface area contributed by atoms with Gasteiger partial charge in [-0.05, 0) is 18.4 Å². The Bertz CT molecular complexity index is 550. The summed E-state index contributed by atoms with van der Waals surface area (Å²) in [6.45, 7) is 1.48. The molecule has 7 heteroatoms. The average molecular weight is 278 g/mol. The van der Waals surface area contributed by atoms with Crippen molar-refractivity contribution >= 4 is 23.4 Å². The first kappa shape index (κ1) is 13.7. The molecule has 2 aromatic rings. The van der Waals surface area contributed by atoms with Gasteiger partial charge in [-0.15, -0.1) is 10.2 Å². The Balaban J connectivity index is 1.94. The molecule has 0 aliphatic carbocycles. The third kappa shape index (κ3) is 3.60. The van der Waals surface area contributed by atoms with Gasteiger partial charge >= 0.3 is 0 Å². The van der Waals surface area contributed by atoms with E-state index in [4.69, 9.17) is 0 Å². The number of thioether (sulfide) groups is 1. The molecule has 2 N–H and O–H groups in total. The number of hydrogen-bond acceptors (Lipinski definition) is 4. The fourth-order valence-corrected chi connectivity index (χ4v) is 1.97. The molecule has 0 unspecified atom stereocenters. The van der Waals surface area contributed by atoms with Crippen LogP contribution in [0.1, 0.15) is 5.82 Å². The van der Waals surface area contributed by atoms with Crippen molar-refractivity contribution < 1.29 is 0 Å². The molecule has 19 heavy (non-hydrogen) atoms. The number of nitrogens with zero attached hydrogens (tertiary/aromatic N) is 4. The Labute approximate surface area is 116 Å². The zero-order chi connectivity index (χ0) is 13.5. The van der Waals surface area contributed by atoms with E-state index in [2.05, 4.69) is 32.1 Å². The maximum absolute atomic E-state index is 4.17. The minimum Gasteiger partial charge on any atom is -0.356 e. The van der Waals surface area contributed by atoms with Crippen LogP contribution in [0.4, 0.5) is 0 Å². The standard InChI is InChI=1S/C12H18N6S/c1-13-12(14-6-8-19-2)15-9-11-17-16-10-5-3-4-7-18(10)11/h3-5,7H,6,8-9H2,1-2H3,(H2,13,14,15). The lowest BCUT2D eigenvalue weighted by Gasteiger charge is -2.10. The summed E-state index contributed by atoms with van der Waals surface area (Å²) in [5, 5.41) is 14.7. The van der Waals surface area contributed by atoms with Crippen molar-refractivity contribution in [3.63, 3.8) is 0 Å². The summed E-state index contributed by atoms with van der Waals surface area (Å²) in [5.41, 5.74) is 0.852.